The van der Waals surface area contributed by atoms with Crippen LogP contribution in [0.4, 0.5) is 0 Å². The molecule has 0 bridgehead atoms. The maximum Gasteiger partial charge on any atom is 0.196 e. The molecular formula is C10H8ClNO2S. The molecule has 3 nitrogen and oxygen atoms in total. The number of halogens is 1. The summed E-state index contributed by atoms with van der Waals surface area (Å²) in [6, 6.07) is 1.86. The van der Waals surface area contributed by atoms with Gasteiger partial charge in [-0.25, -0.2) is 4.98 Å². The normalized spacial score (nSPS) is 10.5. The summed E-state index contributed by atoms with van der Waals surface area (Å²) in [7, 11) is 0. The predicted molar refractivity (Wildman–Crippen MR) is 59.6 cm³/mol. The average molecular weight is 242 g/mol. The fraction of sp³-hybridized carbons (Fsp3) is 0.200. The van der Waals surface area contributed by atoms with Gasteiger partial charge in [-0.1, -0.05) is 0 Å². The molecule has 0 unspecified atom stereocenters. The molecule has 0 aliphatic rings. The second kappa shape index (κ2) is 4.16. The molecule has 78 valence electrons. The van der Waals surface area contributed by atoms with Gasteiger partial charge >= 0.3 is 0 Å². The Morgan fingerprint density at radius 3 is 3.07 bits per heavy atom. The van der Waals surface area contributed by atoms with Gasteiger partial charge in [-0.3, -0.25) is 4.79 Å². The lowest BCUT2D eigenvalue weighted by atomic mass is 10.3. The molecule has 0 radical (unpaired) electrons. The van der Waals surface area contributed by atoms with E-state index in [1.165, 1.54) is 11.3 Å². The van der Waals surface area contributed by atoms with Crippen LogP contribution in [0.5, 0.6) is 0 Å². The Morgan fingerprint density at radius 1 is 1.67 bits per heavy atom. The smallest absolute Gasteiger partial charge is 0.196 e. The Hall–Kier alpha value is -1.13. The first-order valence-corrected chi connectivity index (χ1v) is 5.73. The lowest BCUT2D eigenvalue weighted by Crippen LogP contribution is -1.99. The van der Waals surface area contributed by atoms with E-state index in [-0.39, 0.29) is 11.7 Å². The molecule has 2 rings (SSSR count). The second-order valence-corrected chi connectivity index (χ2v) is 4.15. The van der Waals surface area contributed by atoms with Crippen LogP contribution in [0.15, 0.2) is 22.1 Å². The van der Waals surface area contributed by atoms with Crippen LogP contribution in [0, 0.1) is 6.92 Å². The van der Waals surface area contributed by atoms with E-state index >= 15 is 0 Å². The van der Waals surface area contributed by atoms with Gasteiger partial charge in [-0.2, -0.15) is 0 Å². The Bertz CT molecular complexity index is 489. The van der Waals surface area contributed by atoms with Crippen molar-refractivity contribution in [3.63, 3.8) is 0 Å². The molecule has 2 aromatic heterocycles. The molecule has 0 aliphatic carbocycles. The van der Waals surface area contributed by atoms with Gasteiger partial charge in [0.1, 0.15) is 5.69 Å². The molecule has 15 heavy (non-hydrogen) atoms. The summed E-state index contributed by atoms with van der Waals surface area (Å²) in [4.78, 5) is 15.4. The summed E-state index contributed by atoms with van der Waals surface area (Å²) >= 11 is 6.82. The van der Waals surface area contributed by atoms with Gasteiger partial charge in [0.05, 0.1) is 12.1 Å². The van der Waals surface area contributed by atoms with E-state index in [0.717, 1.165) is 5.56 Å². The number of Topliss-reactive ketones (excluding diaryl/α,β-unsaturated/α-hetero) is 1. The van der Waals surface area contributed by atoms with Gasteiger partial charge in [0.2, 0.25) is 0 Å². The zero-order chi connectivity index (χ0) is 10.8. The van der Waals surface area contributed by atoms with Crippen molar-refractivity contribution in [2.45, 2.75) is 6.92 Å². The maximum absolute atomic E-state index is 11.3. The third kappa shape index (κ3) is 1.96. The first-order valence-electron chi connectivity index (χ1n) is 4.31. The average Bonchev–Trinajstić information content (AvgIpc) is 2.84. The number of aryl methyl sites for hydroxylation is 1. The van der Waals surface area contributed by atoms with Gasteiger partial charge < -0.3 is 4.42 Å². The van der Waals surface area contributed by atoms with Gasteiger partial charge in [0, 0.05) is 5.38 Å². The molecule has 0 atom stereocenters. The van der Waals surface area contributed by atoms with Crippen molar-refractivity contribution in [3.05, 3.63) is 29.0 Å². The summed E-state index contributed by atoms with van der Waals surface area (Å²) in [5.74, 6) is 0.511. The minimum absolute atomic E-state index is 0.0414. The van der Waals surface area contributed by atoms with Crippen molar-refractivity contribution < 1.29 is 9.21 Å². The van der Waals surface area contributed by atoms with Crippen LogP contribution in [0.2, 0.25) is 0 Å². The van der Waals surface area contributed by atoms with Crippen molar-refractivity contribution in [2.24, 2.45) is 0 Å². The van der Waals surface area contributed by atoms with Gasteiger partial charge in [0.25, 0.3) is 0 Å². The van der Waals surface area contributed by atoms with Crippen LogP contribution >= 0.6 is 22.9 Å². The monoisotopic (exact) mass is 241 g/mol. The Morgan fingerprint density at radius 2 is 2.47 bits per heavy atom. The number of nitrogens with zero attached hydrogens (tertiary/aromatic N) is 1. The quantitative estimate of drug-likeness (QED) is 0.613. The lowest BCUT2D eigenvalue weighted by Gasteiger charge is -1.91. The fourth-order valence-corrected chi connectivity index (χ4v) is 2.18. The first kappa shape index (κ1) is 10.4. The molecule has 0 spiro atoms. The number of carbonyl (C=O) groups excluding carboxylic acids is 1. The molecule has 0 saturated carbocycles. The highest BCUT2D eigenvalue weighted by Crippen LogP contribution is 2.27. The van der Waals surface area contributed by atoms with Crippen LogP contribution in [-0.2, 0) is 0 Å². The summed E-state index contributed by atoms with van der Waals surface area (Å²) in [5.41, 5.74) is 1.41. The highest BCUT2D eigenvalue weighted by atomic mass is 35.5. The van der Waals surface area contributed by atoms with E-state index in [1.54, 1.807) is 11.6 Å². The minimum Gasteiger partial charge on any atom is -0.462 e. The largest absolute Gasteiger partial charge is 0.462 e. The zero-order valence-electron chi connectivity index (χ0n) is 7.99. The third-order valence-electron chi connectivity index (χ3n) is 1.97. The highest BCUT2D eigenvalue weighted by molar-refractivity contribution is 7.13. The van der Waals surface area contributed by atoms with E-state index < -0.39 is 0 Å². The number of hydrogen-bond acceptors (Lipinski definition) is 4. The molecular weight excluding hydrogens is 234 g/mol. The number of aromatic nitrogens is 1. The zero-order valence-corrected chi connectivity index (χ0v) is 9.56. The number of ketones is 1. The second-order valence-electron chi connectivity index (χ2n) is 3.03. The van der Waals surface area contributed by atoms with Gasteiger partial charge in [-0.05, 0) is 18.6 Å². The number of alkyl halides is 1. The summed E-state index contributed by atoms with van der Waals surface area (Å²) in [6.07, 6.45) is 1.61. The standard InChI is InChI=1S/C10H8ClNO2S/c1-6-2-3-14-9(6)10-12-7(5-15-10)8(13)4-11/h2-3,5H,4H2,1H3. The van der Waals surface area contributed by atoms with Crippen molar-refractivity contribution in [3.8, 4) is 10.8 Å². The van der Waals surface area contributed by atoms with E-state index in [1.807, 2.05) is 13.0 Å². The Balaban J connectivity index is 2.36. The van der Waals surface area contributed by atoms with E-state index in [9.17, 15) is 4.79 Å². The van der Waals surface area contributed by atoms with Crippen LogP contribution < -0.4 is 0 Å². The van der Waals surface area contributed by atoms with Crippen LogP contribution in [0.25, 0.3) is 10.8 Å². The Labute approximate surface area is 95.7 Å². The molecule has 0 fully saturated rings. The first-order chi connectivity index (χ1) is 7.22. The summed E-state index contributed by atoms with van der Waals surface area (Å²) in [6.45, 7) is 1.93. The van der Waals surface area contributed by atoms with Gasteiger partial charge in [0.15, 0.2) is 16.6 Å². The van der Waals surface area contributed by atoms with Gasteiger partial charge in [-0.15, -0.1) is 22.9 Å². The van der Waals surface area contributed by atoms with Crippen LogP contribution in [0.1, 0.15) is 16.1 Å². The van der Waals surface area contributed by atoms with Crippen molar-refractivity contribution in [2.75, 3.05) is 5.88 Å². The SMILES string of the molecule is Cc1ccoc1-c1nc(C(=O)CCl)cs1. The molecule has 2 heterocycles. The number of carbonyl (C=O) groups is 1. The number of rotatable bonds is 3. The molecule has 0 aromatic carbocycles. The predicted octanol–water partition coefficient (Wildman–Crippen LogP) is 3.13. The molecule has 5 heteroatoms. The van der Waals surface area contributed by atoms with E-state index in [4.69, 9.17) is 16.0 Å². The highest BCUT2D eigenvalue weighted by Gasteiger charge is 2.13. The molecule has 0 aliphatic heterocycles. The summed E-state index contributed by atoms with van der Waals surface area (Å²) in [5, 5.41) is 2.41. The molecule has 0 N–H and O–H groups in total. The van der Waals surface area contributed by atoms with E-state index in [0.29, 0.717) is 16.5 Å². The number of thiazole rings is 1. The fourth-order valence-electron chi connectivity index (χ4n) is 1.17. The van der Waals surface area contributed by atoms with Crippen LogP contribution in [-0.4, -0.2) is 16.6 Å². The topological polar surface area (TPSA) is 43.1 Å². The number of furan rings is 1. The maximum atomic E-state index is 11.3. The Kier molecular flexibility index (Phi) is 2.88. The third-order valence-corrected chi connectivity index (χ3v) is 3.05. The minimum atomic E-state index is -0.164. The number of hydrogen-bond donors (Lipinski definition) is 0. The summed E-state index contributed by atoms with van der Waals surface area (Å²) < 4.78 is 5.28. The molecule has 2 aromatic rings. The molecule has 0 saturated heterocycles. The van der Waals surface area contributed by atoms with Crippen LogP contribution in [0.3, 0.4) is 0 Å². The van der Waals surface area contributed by atoms with Crippen molar-refractivity contribution in [1.82, 2.24) is 4.98 Å². The van der Waals surface area contributed by atoms with Crippen molar-refractivity contribution in [1.29, 1.82) is 0 Å². The van der Waals surface area contributed by atoms with Crippen molar-refractivity contribution >= 4 is 28.7 Å². The molecule has 0 amide bonds. The van der Waals surface area contributed by atoms with E-state index in [2.05, 4.69) is 4.98 Å². The lowest BCUT2D eigenvalue weighted by molar-refractivity contribution is 0.101.